The lowest BCUT2D eigenvalue weighted by molar-refractivity contribution is 0.562. The van der Waals surface area contributed by atoms with Gasteiger partial charge >= 0.3 is 0 Å². The van der Waals surface area contributed by atoms with Gasteiger partial charge in [0, 0.05) is 0 Å². The van der Waals surface area contributed by atoms with E-state index in [0.29, 0.717) is 0 Å². The molecular formula is C16H37N. The summed E-state index contributed by atoms with van der Waals surface area (Å²) in [4.78, 5) is 0. The Morgan fingerprint density at radius 2 is 0.765 bits per heavy atom. The molecule has 17 heavy (non-hydrogen) atoms. The standard InChI is InChI=1S/C12H26.C4H11N/c1-3-5-7-9-11-12-10-8-6-4-2;1-3-5-4-2/h3-12H2,1-2H3;5H,3-4H2,1-2H3. The van der Waals surface area contributed by atoms with Crippen molar-refractivity contribution >= 4 is 0 Å². The van der Waals surface area contributed by atoms with Gasteiger partial charge in [0.05, 0.1) is 0 Å². The van der Waals surface area contributed by atoms with Gasteiger partial charge in [-0.3, -0.25) is 0 Å². The molecule has 0 aromatic carbocycles. The van der Waals surface area contributed by atoms with Gasteiger partial charge in [0.15, 0.2) is 0 Å². The summed E-state index contributed by atoms with van der Waals surface area (Å²) in [5, 5.41) is 3.11. The lowest BCUT2D eigenvalue weighted by atomic mass is 10.1. The fraction of sp³-hybridized carbons (Fsp3) is 1.00. The minimum Gasteiger partial charge on any atom is -0.317 e. The van der Waals surface area contributed by atoms with Crippen molar-refractivity contribution in [3.05, 3.63) is 0 Å². The molecule has 0 fully saturated rings. The molecule has 1 heteroatoms. The first kappa shape index (κ1) is 19.3. The van der Waals surface area contributed by atoms with Gasteiger partial charge in [0.2, 0.25) is 0 Å². The van der Waals surface area contributed by atoms with Crippen molar-refractivity contribution in [2.45, 2.75) is 91.9 Å². The highest BCUT2D eigenvalue weighted by Gasteiger charge is 1.90. The van der Waals surface area contributed by atoms with Crippen molar-refractivity contribution in [2.24, 2.45) is 0 Å². The third-order valence-corrected chi connectivity index (χ3v) is 2.96. The van der Waals surface area contributed by atoms with E-state index >= 15 is 0 Å². The average Bonchev–Trinajstić information content (AvgIpc) is 2.34. The molecule has 0 unspecified atom stereocenters. The molecular weight excluding hydrogens is 206 g/mol. The Kier molecular flexibility index (Phi) is 24.1. The largest absolute Gasteiger partial charge is 0.317 e. The molecule has 106 valence electrons. The highest BCUT2D eigenvalue weighted by molar-refractivity contribution is 4.45. The monoisotopic (exact) mass is 243 g/mol. The Morgan fingerprint density at radius 3 is 0.941 bits per heavy atom. The van der Waals surface area contributed by atoms with Crippen LogP contribution in [0.5, 0.6) is 0 Å². The number of rotatable bonds is 11. The van der Waals surface area contributed by atoms with Crippen molar-refractivity contribution in [3.8, 4) is 0 Å². The molecule has 0 rings (SSSR count). The Morgan fingerprint density at radius 1 is 0.471 bits per heavy atom. The molecule has 0 radical (unpaired) electrons. The minimum atomic E-state index is 1.09. The minimum absolute atomic E-state index is 1.09. The molecule has 0 spiro atoms. The maximum Gasteiger partial charge on any atom is -0.00775 e. The first-order valence-corrected chi connectivity index (χ1v) is 8.04. The van der Waals surface area contributed by atoms with Crippen molar-refractivity contribution in [1.29, 1.82) is 0 Å². The van der Waals surface area contributed by atoms with Crippen molar-refractivity contribution in [2.75, 3.05) is 13.1 Å². The van der Waals surface area contributed by atoms with Crippen molar-refractivity contribution < 1.29 is 0 Å². The van der Waals surface area contributed by atoms with Crippen molar-refractivity contribution in [3.63, 3.8) is 0 Å². The molecule has 1 N–H and O–H groups in total. The maximum atomic E-state index is 3.11. The third-order valence-electron chi connectivity index (χ3n) is 2.96. The van der Waals surface area contributed by atoms with Gasteiger partial charge < -0.3 is 5.32 Å². The van der Waals surface area contributed by atoms with Gasteiger partial charge in [-0.15, -0.1) is 0 Å². The summed E-state index contributed by atoms with van der Waals surface area (Å²) < 4.78 is 0. The summed E-state index contributed by atoms with van der Waals surface area (Å²) in [5.41, 5.74) is 0. The topological polar surface area (TPSA) is 12.0 Å². The van der Waals surface area contributed by atoms with Crippen LogP contribution in [0.2, 0.25) is 0 Å². The van der Waals surface area contributed by atoms with Gasteiger partial charge in [-0.25, -0.2) is 0 Å². The van der Waals surface area contributed by atoms with Crippen LogP contribution in [-0.4, -0.2) is 13.1 Å². The number of hydrogen-bond acceptors (Lipinski definition) is 1. The summed E-state index contributed by atoms with van der Waals surface area (Å²) in [6, 6.07) is 0. The summed E-state index contributed by atoms with van der Waals surface area (Å²) in [5.74, 6) is 0. The van der Waals surface area contributed by atoms with Gasteiger partial charge in [-0.05, 0) is 13.1 Å². The Bertz CT molecular complexity index is 89.7. The van der Waals surface area contributed by atoms with E-state index in [4.69, 9.17) is 0 Å². The molecule has 0 amide bonds. The Hall–Kier alpha value is -0.0400. The van der Waals surface area contributed by atoms with E-state index < -0.39 is 0 Å². The highest BCUT2D eigenvalue weighted by atomic mass is 14.8. The number of unbranched alkanes of at least 4 members (excludes halogenated alkanes) is 9. The third kappa shape index (κ3) is 25.9. The van der Waals surface area contributed by atoms with E-state index in [9.17, 15) is 0 Å². The molecule has 1 nitrogen and oxygen atoms in total. The first-order valence-electron chi connectivity index (χ1n) is 8.04. The van der Waals surface area contributed by atoms with Gasteiger partial charge in [-0.1, -0.05) is 91.9 Å². The molecule has 0 aromatic rings. The molecule has 0 aliphatic heterocycles. The summed E-state index contributed by atoms with van der Waals surface area (Å²) in [6.07, 6.45) is 14.4. The molecule has 0 atom stereocenters. The smallest absolute Gasteiger partial charge is 0.00775 e. The molecule has 0 aromatic heterocycles. The molecule has 0 saturated heterocycles. The van der Waals surface area contributed by atoms with E-state index in [-0.39, 0.29) is 0 Å². The predicted octanol–water partition coefficient (Wildman–Crippen LogP) is 5.54. The van der Waals surface area contributed by atoms with Crippen LogP contribution in [0.25, 0.3) is 0 Å². The number of nitrogens with one attached hydrogen (secondary N) is 1. The second-order valence-corrected chi connectivity index (χ2v) is 4.79. The lowest BCUT2D eigenvalue weighted by Crippen LogP contribution is -2.09. The average molecular weight is 243 g/mol. The van der Waals surface area contributed by atoms with Gasteiger partial charge in [0.1, 0.15) is 0 Å². The summed E-state index contributed by atoms with van der Waals surface area (Å²) in [6.45, 7) is 10.9. The molecule has 0 heterocycles. The zero-order valence-electron chi connectivity index (χ0n) is 13.0. The first-order chi connectivity index (χ1) is 8.33. The Balaban J connectivity index is 0. The van der Waals surface area contributed by atoms with Crippen LogP contribution >= 0.6 is 0 Å². The van der Waals surface area contributed by atoms with Crippen LogP contribution in [0.1, 0.15) is 91.9 Å². The maximum absolute atomic E-state index is 3.11. The van der Waals surface area contributed by atoms with Gasteiger partial charge in [-0.2, -0.15) is 0 Å². The van der Waals surface area contributed by atoms with E-state index in [2.05, 4.69) is 33.0 Å². The normalized spacial score (nSPS) is 9.88. The van der Waals surface area contributed by atoms with Crippen LogP contribution < -0.4 is 5.32 Å². The Labute approximate surface area is 111 Å². The van der Waals surface area contributed by atoms with E-state index in [1.165, 1.54) is 64.2 Å². The van der Waals surface area contributed by atoms with Crippen LogP contribution in [0, 0.1) is 0 Å². The zero-order valence-corrected chi connectivity index (χ0v) is 13.0. The second kappa shape index (κ2) is 21.3. The van der Waals surface area contributed by atoms with E-state index in [1.54, 1.807) is 0 Å². The quantitative estimate of drug-likeness (QED) is 0.470. The fourth-order valence-electron chi connectivity index (χ4n) is 1.81. The van der Waals surface area contributed by atoms with Crippen molar-refractivity contribution in [1.82, 2.24) is 5.32 Å². The predicted molar refractivity (Wildman–Crippen MR) is 81.7 cm³/mol. The molecule has 0 bridgehead atoms. The lowest BCUT2D eigenvalue weighted by Gasteiger charge is -1.99. The van der Waals surface area contributed by atoms with E-state index in [1.807, 2.05) is 0 Å². The number of hydrogen-bond donors (Lipinski definition) is 1. The SMILES string of the molecule is CCCCCCCCCCCC.CCNCC. The summed E-state index contributed by atoms with van der Waals surface area (Å²) >= 11 is 0. The highest BCUT2D eigenvalue weighted by Crippen LogP contribution is 2.09. The zero-order chi connectivity index (χ0) is 13.2. The van der Waals surface area contributed by atoms with Crippen LogP contribution in [0.3, 0.4) is 0 Å². The summed E-state index contributed by atoms with van der Waals surface area (Å²) in [7, 11) is 0. The van der Waals surface area contributed by atoms with Crippen LogP contribution in [0.15, 0.2) is 0 Å². The second-order valence-electron chi connectivity index (χ2n) is 4.79. The molecule has 0 aliphatic carbocycles. The van der Waals surface area contributed by atoms with Gasteiger partial charge in [0.25, 0.3) is 0 Å². The molecule has 0 aliphatic rings. The van der Waals surface area contributed by atoms with Crippen LogP contribution in [-0.2, 0) is 0 Å². The van der Waals surface area contributed by atoms with Crippen LogP contribution in [0.4, 0.5) is 0 Å². The fourth-order valence-corrected chi connectivity index (χ4v) is 1.81. The van der Waals surface area contributed by atoms with E-state index in [0.717, 1.165) is 13.1 Å². The molecule has 0 saturated carbocycles.